The van der Waals surface area contributed by atoms with Crippen molar-refractivity contribution in [3.8, 4) is 0 Å². The molecule has 0 aromatic heterocycles. The standard InChI is InChI=1S/C20H25NO5/c1-12-8-9-13(2)16(10-12)17(11-18(22)26-3)21-19(23)14-6-4-5-7-15(14)20(24)25/h8-10,17H,4-7,11H2,1-3H3,(H,21,23)(H,24,25)/t17-/m1/s1. The van der Waals surface area contributed by atoms with Crippen molar-refractivity contribution in [2.24, 2.45) is 0 Å². The summed E-state index contributed by atoms with van der Waals surface area (Å²) in [4.78, 5) is 36.1. The van der Waals surface area contributed by atoms with E-state index in [1.54, 1.807) is 0 Å². The Labute approximate surface area is 153 Å². The molecule has 0 fully saturated rings. The van der Waals surface area contributed by atoms with Gasteiger partial charge in [-0.15, -0.1) is 0 Å². The van der Waals surface area contributed by atoms with Crippen molar-refractivity contribution in [2.75, 3.05) is 7.11 Å². The van der Waals surface area contributed by atoms with Gasteiger partial charge in [-0.25, -0.2) is 4.79 Å². The molecule has 1 aliphatic rings. The first kappa shape index (κ1) is 19.7. The monoisotopic (exact) mass is 359 g/mol. The summed E-state index contributed by atoms with van der Waals surface area (Å²) in [5.74, 6) is -1.91. The van der Waals surface area contributed by atoms with Gasteiger partial charge in [0, 0.05) is 11.1 Å². The third-order valence-electron chi connectivity index (χ3n) is 4.71. The van der Waals surface area contributed by atoms with Crippen LogP contribution in [-0.4, -0.2) is 30.1 Å². The number of hydrogen-bond acceptors (Lipinski definition) is 4. The maximum absolute atomic E-state index is 12.8. The molecule has 140 valence electrons. The Morgan fingerprint density at radius 1 is 1.15 bits per heavy atom. The summed E-state index contributed by atoms with van der Waals surface area (Å²) >= 11 is 0. The number of rotatable bonds is 6. The van der Waals surface area contributed by atoms with Crippen molar-refractivity contribution in [1.29, 1.82) is 0 Å². The minimum absolute atomic E-state index is 0.0117. The van der Waals surface area contributed by atoms with Gasteiger partial charge in [-0.1, -0.05) is 23.8 Å². The second kappa shape index (κ2) is 8.65. The van der Waals surface area contributed by atoms with Crippen LogP contribution in [-0.2, 0) is 19.1 Å². The lowest BCUT2D eigenvalue weighted by molar-refractivity contribution is -0.141. The van der Waals surface area contributed by atoms with Gasteiger partial charge in [0.15, 0.2) is 0 Å². The Morgan fingerprint density at radius 3 is 2.42 bits per heavy atom. The van der Waals surface area contributed by atoms with Gasteiger partial charge in [0.2, 0.25) is 5.91 Å². The summed E-state index contributed by atoms with van der Waals surface area (Å²) in [6, 6.07) is 5.25. The van der Waals surface area contributed by atoms with E-state index in [0.717, 1.165) is 29.5 Å². The summed E-state index contributed by atoms with van der Waals surface area (Å²) in [5, 5.41) is 12.2. The summed E-state index contributed by atoms with van der Waals surface area (Å²) in [6.45, 7) is 3.85. The van der Waals surface area contributed by atoms with Crippen molar-refractivity contribution >= 4 is 17.8 Å². The molecule has 6 heteroatoms. The molecule has 2 N–H and O–H groups in total. The van der Waals surface area contributed by atoms with Gasteiger partial charge in [0.25, 0.3) is 0 Å². The summed E-state index contributed by atoms with van der Waals surface area (Å²) in [7, 11) is 1.30. The molecule has 6 nitrogen and oxygen atoms in total. The number of carboxylic acid groups (broad SMARTS) is 1. The minimum atomic E-state index is -1.05. The second-order valence-corrected chi connectivity index (χ2v) is 6.64. The van der Waals surface area contributed by atoms with Crippen LogP contribution in [0.15, 0.2) is 29.3 Å². The predicted molar refractivity (Wildman–Crippen MR) is 96.6 cm³/mol. The van der Waals surface area contributed by atoms with E-state index in [-0.39, 0.29) is 12.0 Å². The molecule has 1 aliphatic carbocycles. The first-order valence-corrected chi connectivity index (χ1v) is 8.73. The number of carboxylic acids is 1. The number of esters is 1. The van der Waals surface area contributed by atoms with Crippen LogP contribution >= 0.6 is 0 Å². The van der Waals surface area contributed by atoms with E-state index in [2.05, 4.69) is 5.32 Å². The Hall–Kier alpha value is -2.63. The molecule has 1 aromatic rings. The molecular formula is C20H25NO5. The van der Waals surface area contributed by atoms with Crippen molar-refractivity contribution in [2.45, 2.75) is 52.0 Å². The zero-order chi connectivity index (χ0) is 19.3. The van der Waals surface area contributed by atoms with Crippen LogP contribution in [0.3, 0.4) is 0 Å². The van der Waals surface area contributed by atoms with Crippen LogP contribution in [0.25, 0.3) is 0 Å². The lowest BCUT2D eigenvalue weighted by Gasteiger charge is -2.23. The largest absolute Gasteiger partial charge is 0.478 e. The number of aryl methyl sites for hydroxylation is 2. The number of benzene rings is 1. The molecule has 2 rings (SSSR count). The highest BCUT2D eigenvalue weighted by atomic mass is 16.5. The Balaban J connectivity index is 2.34. The van der Waals surface area contributed by atoms with Crippen LogP contribution in [0.2, 0.25) is 0 Å². The molecule has 1 amide bonds. The van der Waals surface area contributed by atoms with E-state index in [4.69, 9.17) is 4.74 Å². The molecule has 1 atom stereocenters. The zero-order valence-electron chi connectivity index (χ0n) is 15.4. The third-order valence-corrected chi connectivity index (χ3v) is 4.71. The van der Waals surface area contributed by atoms with Crippen LogP contribution in [0.4, 0.5) is 0 Å². The quantitative estimate of drug-likeness (QED) is 0.762. The highest BCUT2D eigenvalue weighted by molar-refractivity contribution is 6.02. The number of hydrogen-bond donors (Lipinski definition) is 2. The van der Waals surface area contributed by atoms with Gasteiger partial charge in [0.1, 0.15) is 0 Å². The lowest BCUT2D eigenvalue weighted by Crippen LogP contribution is -2.33. The minimum Gasteiger partial charge on any atom is -0.478 e. The van der Waals surface area contributed by atoms with Crippen molar-refractivity contribution in [3.05, 3.63) is 46.0 Å². The molecule has 1 aromatic carbocycles. The highest BCUT2D eigenvalue weighted by Crippen LogP contribution is 2.28. The first-order valence-electron chi connectivity index (χ1n) is 8.73. The summed E-state index contributed by atoms with van der Waals surface area (Å²) in [6.07, 6.45) is 2.36. The van der Waals surface area contributed by atoms with Gasteiger partial charge in [0.05, 0.1) is 19.6 Å². The van der Waals surface area contributed by atoms with Gasteiger partial charge < -0.3 is 15.2 Å². The smallest absolute Gasteiger partial charge is 0.332 e. The van der Waals surface area contributed by atoms with Gasteiger partial charge in [-0.05, 0) is 50.7 Å². The van der Waals surface area contributed by atoms with E-state index in [1.165, 1.54) is 7.11 Å². The maximum Gasteiger partial charge on any atom is 0.332 e. The van der Waals surface area contributed by atoms with Crippen LogP contribution < -0.4 is 5.32 Å². The average molecular weight is 359 g/mol. The van der Waals surface area contributed by atoms with Crippen molar-refractivity contribution in [1.82, 2.24) is 5.32 Å². The number of carbonyl (C=O) groups excluding carboxylic acids is 2. The molecule has 0 unspecified atom stereocenters. The Kier molecular flexibility index (Phi) is 6.55. The second-order valence-electron chi connectivity index (χ2n) is 6.64. The zero-order valence-corrected chi connectivity index (χ0v) is 15.4. The SMILES string of the molecule is COC(=O)C[C@@H](NC(=O)C1=C(C(=O)O)CCCC1)c1cc(C)ccc1C. The van der Waals surface area contributed by atoms with E-state index in [0.29, 0.717) is 18.4 Å². The maximum atomic E-state index is 12.8. The number of methoxy groups -OCH3 is 1. The lowest BCUT2D eigenvalue weighted by atomic mass is 9.90. The molecule has 26 heavy (non-hydrogen) atoms. The van der Waals surface area contributed by atoms with E-state index >= 15 is 0 Å². The molecule has 0 saturated carbocycles. The molecular weight excluding hydrogens is 334 g/mol. The van der Waals surface area contributed by atoms with Crippen LogP contribution in [0, 0.1) is 13.8 Å². The van der Waals surface area contributed by atoms with Crippen LogP contribution in [0.5, 0.6) is 0 Å². The van der Waals surface area contributed by atoms with Crippen LogP contribution in [0.1, 0.15) is 54.8 Å². The molecule has 0 aliphatic heterocycles. The fourth-order valence-corrected chi connectivity index (χ4v) is 3.26. The summed E-state index contributed by atoms with van der Waals surface area (Å²) in [5.41, 5.74) is 3.27. The molecule has 0 heterocycles. The number of aliphatic carboxylic acids is 1. The topological polar surface area (TPSA) is 92.7 Å². The van der Waals surface area contributed by atoms with Crippen molar-refractivity contribution < 1.29 is 24.2 Å². The normalized spacial score (nSPS) is 15.3. The Bertz CT molecular complexity index is 751. The number of carbonyl (C=O) groups is 3. The third kappa shape index (κ3) is 4.71. The fraction of sp³-hybridized carbons (Fsp3) is 0.450. The average Bonchev–Trinajstić information content (AvgIpc) is 2.62. The van der Waals surface area contributed by atoms with Crippen molar-refractivity contribution in [3.63, 3.8) is 0 Å². The Morgan fingerprint density at radius 2 is 1.81 bits per heavy atom. The summed E-state index contributed by atoms with van der Waals surface area (Å²) < 4.78 is 4.76. The van der Waals surface area contributed by atoms with Gasteiger partial charge in [-0.3, -0.25) is 9.59 Å². The number of amides is 1. The molecule has 0 spiro atoms. The first-order chi connectivity index (χ1) is 12.3. The number of nitrogens with one attached hydrogen (secondary N) is 1. The van der Waals surface area contributed by atoms with E-state index < -0.39 is 23.9 Å². The fourth-order valence-electron chi connectivity index (χ4n) is 3.26. The molecule has 0 bridgehead atoms. The molecule has 0 saturated heterocycles. The highest BCUT2D eigenvalue weighted by Gasteiger charge is 2.27. The number of ether oxygens (including phenoxy) is 1. The van der Waals surface area contributed by atoms with E-state index in [1.807, 2.05) is 32.0 Å². The van der Waals surface area contributed by atoms with E-state index in [9.17, 15) is 19.5 Å². The van der Waals surface area contributed by atoms with Gasteiger partial charge in [-0.2, -0.15) is 0 Å². The molecule has 0 radical (unpaired) electrons. The van der Waals surface area contributed by atoms with Gasteiger partial charge >= 0.3 is 11.9 Å². The predicted octanol–water partition coefficient (Wildman–Crippen LogP) is 2.98.